The van der Waals surface area contributed by atoms with Crippen LogP contribution in [0.4, 0.5) is 0 Å². The van der Waals surface area contributed by atoms with Crippen molar-refractivity contribution in [1.29, 1.82) is 0 Å². The number of carboxylic acid groups (broad SMARTS) is 1. The normalized spacial score (nSPS) is 11.2. The largest absolute Gasteiger partial charge is 0.475 e. The van der Waals surface area contributed by atoms with E-state index in [4.69, 9.17) is 10.1 Å². The Hall–Kier alpha value is -4.05. The van der Waals surface area contributed by atoms with Crippen molar-refractivity contribution in [2.45, 2.75) is 32.6 Å². The third-order valence-corrected chi connectivity index (χ3v) is 5.95. The Bertz CT molecular complexity index is 1370. The van der Waals surface area contributed by atoms with Crippen molar-refractivity contribution < 1.29 is 14.7 Å². The molecule has 0 bridgehead atoms. The van der Waals surface area contributed by atoms with Crippen LogP contribution in [0.1, 0.15) is 51.7 Å². The van der Waals surface area contributed by atoms with Crippen molar-refractivity contribution in [2.24, 2.45) is 0 Å². The van der Waals surface area contributed by atoms with Gasteiger partial charge in [0.25, 0.3) is 5.78 Å². The highest BCUT2D eigenvalue weighted by Gasteiger charge is 2.17. The van der Waals surface area contributed by atoms with Crippen LogP contribution in [-0.2, 0) is 24.1 Å². The molecule has 170 valence electrons. The molecule has 34 heavy (non-hydrogen) atoms. The van der Waals surface area contributed by atoms with Crippen molar-refractivity contribution in [3.8, 4) is 0 Å². The van der Waals surface area contributed by atoms with Gasteiger partial charge in [-0.05, 0) is 66.1 Å². The number of hydrogen-bond donors (Lipinski definition) is 1. The fraction of sp³-hybridized carbons (Fsp3) is 0.167. The van der Waals surface area contributed by atoms with Gasteiger partial charge in [-0.1, -0.05) is 79.7 Å². The Kier molecular flexibility index (Phi) is 7.28. The van der Waals surface area contributed by atoms with E-state index < -0.39 is 11.8 Å². The van der Waals surface area contributed by atoms with E-state index in [2.05, 4.69) is 55.5 Å². The molecule has 4 rings (SSSR count). The van der Waals surface area contributed by atoms with Crippen LogP contribution in [0.2, 0.25) is 0 Å². The van der Waals surface area contributed by atoms with Crippen LogP contribution in [0.3, 0.4) is 0 Å². The molecule has 1 heterocycles. The monoisotopic (exact) mass is 449 g/mol. The molecule has 0 radical (unpaired) electrons. The summed E-state index contributed by atoms with van der Waals surface area (Å²) in [4.78, 5) is 27.8. The number of pyridine rings is 1. The number of rotatable bonds is 9. The second kappa shape index (κ2) is 10.7. The molecule has 1 N–H and O–H groups in total. The number of nitrogens with zero attached hydrogens (tertiary/aromatic N) is 1. The number of carbonyl (C=O) groups is 2. The number of carboxylic acids is 1. The molecule has 0 atom stereocenters. The molecule has 0 aliphatic heterocycles. The van der Waals surface area contributed by atoms with Gasteiger partial charge in [-0.3, -0.25) is 4.79 Å². The summed E-state index contributed by atoms with van der Waals surface area (Å²) in [6.07, 6.45) is 7.41. The van der Waals surface area contributed by atoms with Crippen molar-refractivity contribution in [3.05, 3.63) is 112 Å². The second-order valence-corrected chi connectivity index (χ2v) is 8.34. The topological polar surface area (TPSA) is 67.3 Å². The van der Waals surface area contributed by atoms with Gasteiger partial charge >= 0.3 is 5.97 Å². The summed E-state index contributed by atoms with van der Waals surface area (Å²) in [5.41, 5.74) is 6.57. The first-order valence-corrected chi connectivity index (χ1v) is 11.6. The highest BCUT2D eigenvalue weighted by molar-refractivity contribution is 6.40. The number of aromatic nitrogens is 1. The minimum absolute atomic E-state index is 0.278. The van der Waals surface area contributed by atoms with Gasteiger partial charge in [0.15, 0.2) is 0 Å². The van der Waals surface area contributed by atoms with Crippen LogP contribution in [0.15, 0.2) is 78.9 Å². The third-order valence-electron chi connectivity index (χ3n) is 5.95. The van der Waals surface area contributed by atoms with E-state index in [1.54, 1.807) is 12.1 Å². The standard InChI is InChI=1S/C30H27NO3/c1-2-21-13-15-25-16-18-26(31-28(25)20-21)17-14-23-8-5-7-22(19-23)9-6-11-24-10-3-4-12-27(24)29(32)30(33)34/h3-5,7-8,10,12-20H,2,6,9,11H2,1H3,(H,33,34)/b17-14+. The van der Waals surface area contributed by atoms with E-state index in [-0.39, 0.29) is 5.56 Å². The van der Waals surface area contributed by atoms with Crippen molar-refractivity contribution >= 4 is 34.8 Å². The lowest BCUT2D eigenvalue weighted by atomic mass is 9.97. The number of aliphatic carboxylic acids is 1. The third kappa shape index (κ3) is 5.65. The van der Waals surface area contributed by atoms with Gasteiger partial charge in [-0.15, -0.1) is 0 Å². The van der Waals surface area contributed by atoms with Crippen LogP contribution in [0, 0.1) is 0 Å². The fourth-order valence-electron chi connectivity index (χ4n) is 4.08. The van der Waals surface area contributed by atoms with Gasteiger partial charge in [0, 0.05) is 10.9 Å². The zero-order valence-corrected chi connectivity index (χ0v) is 19.2. The van der Waals surface area contributed by atoms with Crippen LogP contribution < -0.4 is 0 Å². The number of aryl methyl sites for hydroxylation is 3. The van der Waals surface area contributed by atoms with Gasteiger partial charge in [0.05, 0.1) is 11.2 Å². The molecule has 0 saturated carbocycles. The molecular formula is C30H27NO3. The minimum Gasteiger partial charge on any atom is -0.475 e. The van der Waals surface area contributed by atoms with E-state index in [9.17, 15) is 9.59 Å². The van der Waals surface area contributed by atoms with Crippen molar-refractivity contribution in [1.82, 2.24) is 4.98 Å². The van der Waals surface area contributed by atoms with Crippen LogP contribution in [-0.4, -0.2) is 21.8 Å². The number of benzene rings is 3. The maximum atomic E-state index is 11.9. The summed E-state index contributed by atoms with van der Waals surface area (Å²) in [6.45, 7) is 2.15. The molecule has 0 unspecified atom stereocenters. The minimum atomic E-state index is -1.42. The Labute approximate surface area is 199 Å². The zero-order chi connectivity index (χ0) is 23.9. The molecule has 0 spiro atoms. The predicted octanol–water partition coefficient (Wildman–Crippen LogP) is 6.41. The second-order valence-electron chi connectivity index (χ2n) is 8.34. The molecular weight excluding hydrogens is 422 g/mol. The lowest BCUT2D eigenvalue weighted by molar-refractivity contribution is -0.131. The SMILES string of the molecule is CCc1ccc2ccc(/C=C/c3cccc(CCCc4ccccc4C(=O)C(=O)O)c3)nc2c1. The Balaban J connectivity index is 1.42. The van der Waals surface area contributed by atoms with Gasteiger partial charge in [-0.25, -0.2) is 9.78 Å². The average Bonchev–Trinajstić information content (AvgIpc) is 2.87. The molecule has 3 aromatic carbocycles. The number of hydrogen-bond acceptors (Lipinski definition) is 3. The highest BCUT2D eigenvalue weighted by atomic mass is 16.4. The maximum Gasteiger partial charge on any atom is 0.377 e. The van der Waals surface area contributed by atoms with Gasteiger partial charge in [0.2, 0.25) is 0 Å². The van der Waals surface area contributed by atoms with E-state index in [0.29, 0.717) is 6.42 Å². The first-order valence-electron chi connectivity index (χ1n) is 11.6. The van der Waals surface area contributed by atoms with Crippen LogP contribution >= 0.6 is 0 Å². The van der Waals surface area contributed by atoms with Gasteiger partial charge in [0.1, 0.15) is 0 Å². The molecule has 0 saturated heterocycles. The average molecular weight is 450 g/mol. The van der Waals surface area contributed by atoms with E-state index in [1.807, 2.05) is 30.3 Å². The highest BCUT2D eigenvalue weighted by Crippen LogP contribution is 2.18. The molecule has 4 nitrogen and oxygen atoms in total. The lowest BCUT2D eigenvalue weighted by Crippen LogP contribution is -2.15. The summed E-state index contributed by atoms with van der Waals surface area (Å²) >= 11 is 0. The van der Waals surface area contributed by atoms with Gasteiger partial charge < -0.3 is 5.11 Å². The number of fused-ring (bicyclic) bond motifs is 1. The van der Waals surface area contributed by atoms with Gasteiger partial charge in [-0.2, -0.15) is 0 Å². The fourth-order valence-corrected chi connectivity index (χ4v) is 4.08. The van der Waals surface area contributed by atoms with Crippen molar-refractivity contribution in [2.75, 3.05) is 0 Å². The smallest absolute Gasteiger partial charge is 0.377 e. The zero-order valence-electron chi connectivity index (χ0n) is 19.2. The molecule has 0 aliphatic rings. The van der Waals surface area contributed by atoms with Crippen LogP contribution in [0.5, 0.6) is 0 Å². The van der Waals surface area contributed by atoms with E-state index in [1.165, 1.54) is 11.1 Å². The molecule has 1 aromatic heterocycles. The first kappa shape index (κ1) is 23.1. The molecule has 4 aromatic rings. The summed E-state index contributed by atoms with van der Waals surface area (Å²) in [5.74, 6) is -2.27. The Morgan fingerprint density at radius 3 is 2.50 bits per heavy atom. The predicted molar refractivity (Wildman–Crippen MR) is 137 cm³/mol. The van der Waals surface area contributed by atoms with Crippen LogP contribution in [0.25, 0.3) is 23.1 Å². The summed E-state index contributed by atoms with van der Waals surface area (Å²) in [5, 5.41) is 10.2. The summed E-state index contributed by atoms with van der Waals surface area (Å²) in [7, 11) is 0. The molecule has 4 heteroatoms. The van der Waals surface area contributed by atoms with Crippen molar-refractivity contribution in [3.63, 3.8) is 0 Å². The molecule has 0 amide bonds. The summed E-state index contributed by atoms with van der Waals surface area (Å²) < 4.78 is 0. The molecule has 0 aliphatic carbocycles. The Morgan fingerprint density at radius 2 is 1.68 bits per heavy atom. The van der Waals surface area contributed by atoms with E-state index >= 15 is 0 Å². The quantitative estimate of drug-likeness (QED) is 0.237. The summed E-state index contributed by atoms with van der Waals surface area (Å²) in [6, 6.07) is 25.8. The maximum absolute atomic E-state index is 11.9. The first-order chi connectivity index (χ1) is 16.5. The number of ketones is 1. The number of Topliss-reactive ketones (excluding diaryl/α,β-unsaturated/α-hetero) is 1. The Morgan fingerprint density at radius 1 is 0.853 bits per heavy atom. The van der Waals surface area contributed by atoms with E-state index in [0.717, 1.165) is 47.0 Å². The lowest BCUT2D eigenvalue weighted by Gasteiger charge is -2.07. The number of carbonyl (C=O) groups excluding carboxylic acids is 1. The molecule has 0 fully saturated rings.